The third-order valence-corrected chi connectivity index (χ3v) is 3.61. The minimum atomic E-state index is -0.134. The summed E-state index contributed by atoms with van der Waals surface area (Å²) in [4.78, 5) is 8.53. The molecule has 0 unspecified atom stereocenters. The molecule has 0 aliphatic rings. The molecule has 0 amide bonds. The highest BCUT2D eigenvalue weighted by molar-refractivity contribution is 5.91. The largest absolute Gasteiger partial charge is 0.392 e. The molecule has 3 rings (SSSR count). The van der Waals surface area contributed by atoms with Gasteiger partial charge in [-0.3, -0.25) is 0 Å². The van der Waals surface area contributed by atoms with E-state index >= 15 is 0 Å². The molecule has 0 bridgehead atoms. The molecule has 2 aromatic carbocycles. The normalized spacial score (nSPS) is 10.9. The molecule has 0 saturated heterocycles. The maximum atomic E-state index is 9.45. The molecule has 0 aliphatic carbocycles. The zero-order valence-corrected chi connectivity index (χ0v) is 12.2. The van der Waals surface area contributed by atoms with Crippen LogP contribution < -0.4 is 5.32 Å². The summed E-state index contributed by atoms with van der Waals surface area (Å²) in [5.41, 5.74) is 4.20. The predicted molar refractivity (Wildman–Crippen MR) is 85.8 cm³/mol. The van der Waals surface area contributed by atoms with Gasteiger partial charge in [0.05, 0.1) is 18.7 Å². The van der Waals surface area contributed by atoms with Crippen LogP contribution in [0.25, 0.3) is 10.9 Å². The van der Waals surface area contributed by atoms with E-state index in [2.05, 4.69) is 15.3 Å². The summed E-state index contributed by atoms with van der Waals surface area (Å²) >= 11 is 0. The molecule has 1 heterocycles. The molecule has 1 aromatic heterocycles. The Balaban J connectivity index is 2.07. The zero-order valence-electron chi connectivity index (χ0n) is 12.2. The summed E-state index contributed by atoms with van der Waals surface area (Å²) in [6.45, 7) is 1.77. The van der Waals surface area contributed by atoms with Gasteiger partial charge >= 0.3 is 0 Å². The van der Waals surface area contributed by atoms with Crippen molar-refractivity contribution in [2.75, 3.05) is 5.32 Å². The van der Waals surface area contributed by atoms with Gasteiger partial charge in [-0.2, -0.15) is 0 Å². The Kier molecular flexibility index (Phi) is 4.00. The molecule has 0 atom stereocenters. The lowest BCUT2D eigenvalue weighted by Gasteiger charge is -2.11. The number of nitrogens with zero attached hydrogens (tertiary/aromatic N) is 2. The molecule has 22 heavy (non-hydrogen) atoms. The van der Waals surface area contributed by atoms with Crippen molar-refractivity contribution in [3.8, 4) is 0 Å². The lowest BCUT2D eigenvalue weighted by molar-refractivity contribution is 0.260. The summed E-state index contributed by atoms with van der Waals surface area (Å²) in [7, 11) is 0. The standard InChI is InChI=1S/C17H17N3O2/c1-11-2-4-14(5-3-11)20-17-15-6-12(8-21)13(9-22)7-16(15)18-10-19-17/h2-7,10,21-22H,8-9H2,1H3,(H,18,19,20). The molecular formula is C17H17N3O2. The average molecular weight is 295 g/mol. The number of rotatable bonds is 4. The van der Waals surface area contributed by atoms with Gasteiger partial charge in [0, 0.05) is 11.1 Å². The Morgan fingerprint density at radius 3 is 2.32 bits per heavy atom. The summed E-state index contributed by atoms with van der Waals surface area (Å²) in [5.74, 6) is 0.674. The molecule has 0 saturated carbocycles. The third-order valence-electron chi connectivity index (χ3n) is 3.61. The monoisotopic (exact) mass is 295 g/mol. The smallest absolute Gasteiger partial charge is 0.141 e. The van der Waals surface area contributed by atoms with Gasteiger partial charge in [-0.05, 0) is 42.3 Å². The van der Waals surface area contributed by atoms with E-state index < -0.39 is 0 Å². The van der Waals surface area contributed by atoms with Crippen molar-refractivity contribution in [3.05, 3.63) is 59.4 Å². The van der Waals surface area contributed by atoms with E-state index in [1.54, 1.807) is 6.07 Å². The number of benzene rings is 2. The van der Waals surface area contributed by atoms with E-state index in [0.717, 1.165) is 16.6 Å². The molecule has 5 heteroatoms. The van der Waals surface area contributed by atoms with Gasteiger partial charge < -0.3 is 15.5 Å². The van der Waals surface area contributed by atoms with Crippen molar-refractivity contribution >= 4 is 22.4 Å². The third kappa shape index (κ3) is 2.77. The number of aryl methyl sites for hydroxylation is 1. The lowest BCUT2D eigenvalue weighted by Crippen LogP contribution is -2.00. The van der Waals surface area contributed by atoms with Gasteiger partial charge in [0.1, 0.15) is 12.1 Å². The number of nitrogens with one attached hydrogen (secondary N) is 1. The van der Waals surface area contributed by atoms with Crippen LogP contribution in [0.4, 0.5) is 11.5 Å². The topological polar surface area (TPSA) is 78.3 Å². The van der Waals surface area contributed by atoms with Crippen molar-refractivity contribution in [2.24, 2.45) is 0 Å². The van der Waals surface area contributed by atoms with Crippen molar-refractivity contribution in [1.29, 1.82) is 0 Å². The van der Waals surface area contributed by atoms with Crippen LogP contribution in [-0.4, -0.2) is 20.2 Å². The summed E-state index contributed by atoms with van der Waals surface area (Å²) in [5, 5.41) is 22.9. The average Bonchev–Trinajstić information content (AvgIpc) is 2.56. The predicted octanol–water partition coefficient (Wildman–Crippen LogP) is 2.67. The molecule has 0 radical (unpaired) electrons. The summed E-state index contributed by atoms with van der Waals surface area (Å²) < 4.78 is 0. The zero-order chi connectivity index (χ0) is 15.5. The molecule has 112 valence electrons. The van der Waals surface area contributed by atoms with E-state index in [1.165, 1.54) is 11.9 Å². The molecular weight excluding hydrogens is 278 g/mol. The van der Waals surface area contributed by atoms with Gasteiger partial charge in [-0.15, -0.1) is 0 Å². The second-order valence-corrected chi connectivity index (χ2v) is 5.17. The van der Waals surface area contributed by atoms with Crippen LogP contribution in [0, 0.1) is 6.92 Å². The van der Waals surface area contributed by atoms with Crippen LogP contribution in [0.15, 0.2) is 42.7 Å². The number of aliphatic hydroxyl groups is 2. The second kappa shape index (κ2) is 6.09. The summed E-state index contributed by atoms with van der Waals surface area (Å²) in [6, 6.07) is 11.6. The van der Waals surface area contributed by atoms with Gasteiger partial charge in [-0.1, -0.05) is 17.7 Å². The van der Waals surface area contributed by atoms with Crippen molar-refractivity contribution in [2.45, 2.75) is 20.1 Å². The van der Waals surface area contributed by atoms with Crippen LogP contribution in [0.3, 0.4) is 0 Å². The highest BCUT2D eigenvalue weighted by atomic mass is 16.3. The van der Waals surface area contributed by atoms with E-state index in [-0.39, 0.29) is 13.2 Å². The van der Waals surface area contributed by atoms with Crippen molar-refractivity contribution in [3.63, 3.8) is 0 Å². The Labute approximate surface area is 128 Å². The first-order chi connectivity index (χ1) is 10.7. The van der Waals surface area contributed by atoms with E-state index in [0.29, 0.717) is 16.9 Å². The first-order valence-corrected chi connectivity index (χ1v) is 7.03. The van der Waals surface area contributed by atoms with Gasteiger partial charge in [0.2, 0.25) is 0 Å². The van der Waals surface area contributed by atoms with E-state index in [4.69, 9.17) is 0 Å². The first kappa shape index (κ1) is 14.4. The van der Waals surface area contributed by atoms with Gasteiger partial charge in [-0.25, -0.2) is 9.97 Å². The number of fused-ring (bicyclic) bond motifs is 1. The van der Waals surface area contributed by atoms with Crippen LogP contribution >= 0.6 is 0 Å². The molecule has 3 aromatic rings. The molecule has 0 aliphatic heterocycles. The molecule has 0 spiro atoms. The van der Waals surface area contributed by atoms with Crippen molar-refractivity contribution < 1.29 is 10.2 Å². The number of aromatic nitrogens is 2. The number of aliphatic hydroxyl groups excluding tert-OH is 2. The fourth-order valence-electron chi connectivity index (χ4n) is 2.36. The van der Waals surface area contributed by atoms with Crippen LogP contribution in [-0.2, 0) is 13.2 Å². The van der Waals surface area contributed by atoms with Crippen LogP contribution in [0.1, 0.15) is 16.7 Å². The molecule has 5 nitrogen and oxygen atoms in total. The Bertz CT molecular complexity index is 801. The SMILES string of the molecule is Cc1ccc(Nc2ncnc3cc(CO)c(CO)cc23)cc1. The van der Waals surface area contributed by atoms with Gasteiger partial charge in [0.15, 0.2) is 0 Å². The molecule has 3 N–H and O–H groups in total. The lowest BCUT2D eigenvalue weighted by atomic mass is 10.0. The number of anilines is 2. The maximum Gasteiger partial charge on any atom is 0.141 e. The van der Waals surface area contributed by atoms with Gasteiger partial charge in [0.25, 0.3) is 0 Å². The van der Waals surface area contributed by atoms with E-state index in [1.807, 2.05) is 37.3 Å². The highest BCUT2D eigenvalue weighted by Crippen LogP contribution is 2.26. The molecule has 0 fully saturated rings. The van der Waals surface area contributed by atoms with Crippen molar-refractivity contribution in [1.82, 2.24) is 9.97 Å². The maximum absolute atomic E-state index is 9.45. The minimum Gasteiger partial charge on any atom is -0.392 e. The van der Waals surface area contributed by atoms with Crippen LogP contribution in [0.2, 0.25) is 0 Å². The van der Waals surface area contributed by atoms with Crippen LogP contribution in [0.5, 0.6) is 0 Å². The number of hydrogen-bond donors (Lipinski definition) is 3. The second-order valence-electron chi connectivity index (χ2n) is 5.17. The summed E-state index contributed by atoms with van der Waals surface area (Å²) in [6.07, 6.45) is 1.48. The first-order valence-electron chi connectivity index (χ1n) is 7.03. The fourth-order valence-corrected chi connectivity index (χ4v) is 2.36. The quantitative estimate of drug-likeness (QED) is 0.689. The Hall–Kier alpha value is -2.50. The van der Waals surface area contributed by atoms with E-state index in [9.17, 15) is 10.2 Å². The number of hydrogen-bond acceptors (Lipinski definition) is 5. The Morgan fingerprint density at radius 2 is 1.64 bits per heavy atom. The minimum absolute atomic E-state index is 0.128. The fraction of sp³-hybridized carbons (Fsp3) is 0.176. The highest BCUT2D eigenvalue weighted by Gasteiger charge is 2.09. The Morgan fingerprint density at radius 1 is 0.955 bits per heavy atom.